The molecule has 0 spiro atoms. The Morgan fingerprint density at radius 2 is 2.28 bits per heavy atom. The lowest BCUT2D eigenvalue weighted by molar-refractivity contribution is 0.116. The van der Waals surface area contributed by atoms with Crippen LogP contribution in [0.5, 0.6) is 5.75 Å². The smallest absolute Gasteiger partial charge is 0.407 e. The molecule has 2 N–H and O–H groups in total. The fraction of sp³-hybridized carbons (Fsp3) is 0.417. The van der Waals surface area contributed by atoms with E-state index in [0.717, 1.165) is 0 Å². The molecule has 1 rings (SSSR count). The van der Waals surface area contributed by atoms with Gasteiger partial charge in [-0.05, 0) is 25.1 Å². The summed E-state index contributed by atoms with van der Waals surface area (Å²) in [4.78, 5) is 11.3. The maximum Gasteiger partial charge on any atom is 0.407 e. The van der Waals surface area contributed by atoms with E-state index >= 15 is 0 Å². The molecule has 0 aromatic heterocycles. The number of alkyl carbamates (subject to hydrolysis) is 1. The molecule has 0 bridgehead atoms. The number of amides is 1. The normalized spacial score (nSPS) is 11.8. The molecule has 0 fully saturated rings. The van der Waals surface area contributed by atoms with Gasteiger partial charge in [0.15, 0.2) is 0 Å². The highest BCUT2D eigenvalue weighted by atomic mass is 19.1. The maximum absolute atomic E-state index is 13.2. The molecule has 0 aliphatic heterocycles. The SMILES string of the molecule is COc1ccc(F)cc1C(C)NC(=O)OCCO. The van der Waals surface area contributed by atoms with Crippen LogP contribution in [-0.4, -0.2) is 31.5 Å². The Hall–Kier alpha value is -1.82. The summed E-state index contributed by atoms with van der Waals surface area (Å²) in [7, 11) is 1.47. The van der Waals surface area contributed by atoms with Crippen molar-refractivity contribution in [1.82, 2.24) is 5.32 Å². The fourth-order valence-electron chi connectivity index (χ4n) is 1.48. The first-order chi connectivity index (χ1) is 8.58. The molecule has 0 aliphatic carbocycles. The van der Waals surface area contributed by atoms with E-state index in [4.69, 9.17) is 9.84 Å². The van der Waals surface area contributed by atoms with Crippen LogP contribution in [0.15, 0.2) is 18.2 Å². The summed E-state index contributed by atoms with van der Waals surface area (Å²) in [6, 6.07) is 3.58. The highest BCUT2D eigenvalue weighted by Crippen LogP contribution is 2.25. The molecule has 0 aliphatic rings. The first kappa shape index (κ1) is 14.2. The van der Waals surface area contributed by atoms with Crippen molar-refractivity contribution in [1.29, 1.82) is 0 Å². The summed E-state index contributed by atoms with van der Waals surface area (Å²) in [5.74, 6) is 0.0644. The second kappa shape index (κ2) is 6.80. The highest BCUT2D eigenvalue weighted by molar-refractivity contribution is 5.68. The third kappa shape index (κ3) is 3.89. The zero-order valence-electron chi connectivity index (χ0n) is 10.3. The summed E-state index contributed by atoms with van der Waals surface area (Å²) < 4.78 is 22.9. The molecule has 1 atom stereocenters. The van der Waals surface area contributed by atoms with Crippen LogP contribution < -0.4 is 10.1 Å². The predicted molar refractivity (Wildman–Crippen MR) is 62.9 cm³/mol. The van der Waals surface area contributed by atoms with Gasteiger partial charge in [0.25, 0.3) is 0 Å². The highest BCUT2D eigenvalue weighted by Gasteiger charge is 2.15. The van der Waals surface area contributed by atoms with Crippen molar-refractivity contribution in [3.63, 3.8) is 0 Å². The quantitative estimate of drug-likeness (QED) is 0.841. The van der Waals surface area contributed by atoms with Gasteiger partial charge < -0.3 is 19.9 Å². The van der Waals surface area contributed by atoms with Gasteiger partial charge in [-0.1, -0.05) is 0 Å². The Morgan fingerprint density at radius 1 is 1.56 bits per heavy atom. The number of carbonyl (C=O) groups excluding carboxylic acids is 1. The van der Waals surface area contributed by atoms with Crippen LogP contribution in [0.2, 0.25) is 0 Å². The molecule has 0 heterocycles. The van der Waals surface area contributed by atoms with Gasteiger partial charge in [0, 0.05) is 5.56 Å². The second-order valence-electron chi connectivity index (χ2n) is 3.61. The first-order valence-electron chi connectivity index (χ1n) is 5.46. The van der Waals surface area contributed by atoms with Crippen LogP contribution in [0.1, 0.15) is 18.5 Å². The van der Waals surface area contributed by atoms with Crippen LogP contribution in [0.25, 0.3) is 0 Å². The summed E-state index contributed by atoms with van der Waals surface area (Å²) in [5, 5.41) is 11.0. The molecule has 0 saturated carbocycles. The Morgan fingerprint density at radius 3 is 2.89 bits per heavy atom. The molecule has 1 amide bonds. The van der Waals surface area contributed by atoms with E-state index < -0.39 is 18.0 Å². The first-order valence-corrected chi connectivity index (χ1v) is 5.46. The lowest BCUT2D eigenvalue weighted by Gasteiger charge is -2.17. The zero-order chi connectivity index (χ0) is 13.5. The molecule has 0 radical (unpaired) electrons. The van der Waals surface area contributed by atoms with Gasteiger partial charge >= 0.3 is 6.09 Å². The van der Waals surface area contributed by atoms with Crippen molar-refractivity contribution >= 4 is 6.09 Å². The van der Waals surface area contributed by atoms with Crippen molar-refractivity contribution in [2.24, 2.45) is 0 Å². The third-order valence-electron chi connectivity index (χ3n) is 2.32. The second-order valence-corrected chi connectivity index (χ2v) is 3.61. The van der Waals surface area contributed by atoms with E-state index in [1.165, 1.54) is 25.3 Å². The van der Waals surface area contributed by atoms with Crippen LogP contribution in [0, 0.1) is 5.82 Å². The summed E-state index contributed by atoms with van der Waals surface area (Å²) in [6.45, 7) is 1.35. The van der Waals surface area contributed by atoms with Crippen LogP contribution in [0.4, 0.5) is 9.18 Å². The Bertz CT molecular complexity index is 411. The molecular formula is C12H16FNO4. The average Bonchev–Trinajstić information content (AvgIpc) is 2.36. The third-order valence-corrected chi connectivity index (χ3v) is 2.32. The number of carbonyl (C=O) groups is 1. The number of hydrogen-bond donors (Lipinski definition) is 2. The minimum atomic E-state index is -0.678. The number of halogens is 1. The number of aliphatic hydroxyl groups is 1. The molecule has 100 valence electrons. The van der Waals surface area contributed by atoms with Gasteiger partial charge in [0.1, 0.15) is 18.2 Å². The zero-order valence-corrected chi connectivity index (χ0v) is 10.3. The van der Waals surface area contributed by atoms with Crippen molar-refractivity contribution in [2.45, 2.75) is 13.0 Å². The van der Waals surface area contributed by atoms with Crippen molar-refractivity contribution in [3.8, 4) is 5.75 Å². The van der Waals surface area contributed by atoms with E-state index in [0.29, 0.717) is 11.3 Å². The monoisotopic (exact) mass is 257 g/mol. The molecule has 6 heteroatoms. The molecule has 1 aromatic carbocycles. The lowest BCUT2D eigenvalue weighted by atomic mass is 10.1. The van der Waals surface area contributed by atoms with Gasteiger partial charge in [0.2, 0.25) is 0 Å². The van der Waals surface area contributed by atoms with Crippen molar-refractivity contribution < 1.29 is 23.8 Å². The number of hydrogen-bond acceptors (Lipinski definition) is 4. The average molecular weight is 257 g/mol. The molecule has 18 heavy (non-hydrogen) atoms. The fourth-order valence-corrected chi connectivity index (χ4v) is 1.48. The molecule has 1 aromatic rings. The number of nitrogens with one attached hydrogen (secondary N) is 1. The van der Waals surface area contributed by atoms with Gasteiger partial charge in [0.05, 0.1) is 19.8 Å². The molecule has 1 unspecified atom stereocenters. The lowest BCUT2D eigenvalue weighted by Crippen LogP contribution is -2.28. The summed E-state index contributed by atoms with van der Waals surface area (Å²) in [5.41, 5.74) is 0.512. The standard InChI is InChI=1S/C12H16FNO4/c1-8(14-12(16)18-6-5-15)10-7-9(13)3-4-11(10)17-2/h3-4,7-8,15H,5-6H2,1-2H3,(H,14,16). The Balaban J connectivity index is 2.73. The largest absolute Gasteiger partial charge is 0.496 e. The number of aliphatic hydroxyl groups excluding tert-OH is 1. The predicted octanol–water partition coefficient (Wildman–Crippen LogP) is 1.61. The number of methoxy groups -OCH3 is 1. The van der Waals surface area contributed by atoms with Crippen molar-refractivity contribution in [2.75, 3.05) is 20.3 Å². The minimum Gasteiger partial charge on any atom is -0.496 e. The van der Waals surface area contributed by atoms with E-state index in [9.17, 15) is 9.18 Å². The Labute approximate surface area is 105 Å². The molecule has 5 nitrogen and oxygen atoms in total. The van der Waals surface area contributed by atoms with Gasteiger partial charge in [-0.2, -0.15) is 0 Å². The topological polar surface area (TPSA) is 67.8 Å². The van der Waals surface area contributed by atoms with E-state index in [-0.39, 0.29) is 13.2 Å². The summed E-state index contributed by atoms with van der Waals surface area (Å²) in [6.07, 6.45) is -0.678. The van der Waals surface area contributed by atoms with E-state index in [1.807, 2.05) is 0 Å². The van der Waals surface area contributed by atoms with Crippen LogP contribution in [0.3, 0.4) is 0 Å². The molecule has 0 saturated heterocycles. The van der Waals surface area contributed by atoms with Gasteiger partial charge in [-0.25, -0.2) is 9.18 Å². The van der Waals surface area contributed by atoms with Crippen molar-refractivity contribution in [3.05, 3.63) is 29.6 Å². The number of rotatable bonds is 5. The van der Waals surface area contributed by atoms with E-state index in [1.54, 1.807) is 6.92 Å². The molecular weight excluding hydrogens is 241 g/mol. The minimum absolute atomic E-state index is 0.0845. The van der Waals surface area contributed by atoms with Gasteiger partial charge in [-0.15, -0.1) is 0 Å². The number of ether oxygens (including phenoxy) is 2. The van der Waals surface area contributed by atoms with Gasteiger partial charge in [-0.3, -0.25) is 0 Å². The Kier molecular flexibility index (Phi) is 5.38. The van der Waals surface area contributed by atoms with Crippen LogP contribution >= 0.6 is 0 Å². The summed E-state index contributed by atoms with van der Waals surface area (Å²) >= 11 is 0. The maximum atomic E-state index is 13.2. The van der Waals surface area contributed by atoms with E-state index in [2.05, 4.69) is 10.1 Å². The van der Waals surface area contributed by atoms with Crippen LogP contribution in [-0.2, 0) is 4.74 Å². The number of benzene rings is 1.